The van der Waals surface area contributed by atoms with Crippen LogP contribution in [0, 0.1) is 6.92 Å². The first-order valence-corrected chi connectivity index (χ1v) is 7.68. The molecule has 8 nitrogen and oxygen atoms in total. The molecule has 8 heteroatoms. The number of furan rings is 1. The summed E-state index contributed by atoms with van der Waals surface area (Å²) in [5.41, 5.74) is 0. The highest BCUT2D eigenvalue weighted by Gasteiger charge is 2.32. The molecule has 1 fully saturated rings. The summed E-state index contributed by atoms with van der Waals surface area (Å²) in [6.07, 6.45) is 1.85. The number of carbonyl (C=O) groups is 2. The van der Waals surface area contributed by atoms with E-state index in [1.54, 1.807) is 11.0 Å². The molecule has 122 valence electrons. The second-order valence-electron chi connectivity index (χ2n) is 5.52. The minimum atomic E-state index is -0.488. The first kappa shape index (κ1) is 15.3. The number of aromatic amines is 1. The summed E-state index contributed by atoms with van der Waals surface area (Å²) < 4.78 is 5.45. The zero-order valence-electron chi connectivity index (χ0n) is 13.1. The van der Waals surface area contributed by atoms with Crippen molar-refractivity contribution in [2.45, 2.75) is 39.2 Å². The molecule has 0 bridgehead atoms. The third-order valence-corrected chi connectivity index (χ3v) is 3.87. The smallest absolute Gasteiger partial charge is 0.249 e. The minimum Gasteiger partial charge on any atom is -0.458 e. The van der Waals surface area contributed by atoms with Crippen molar-refractivity contribution < 1.29 is 14.0 Å². The summed E-state index contributed by atoms with van der Waals surface area (Å²) in [6, 6.07) is 3.11. The van der Waals surface area contributed by atoms with E-state index in [-0.39, 0.29) is 17.8 Å². The minimum absolute atomic E-state index is 0.0220. The fraction of sp³-hybridized carbons (Fsp3) is 0.467. The van der Waals surface area contributed by atoms with E-state index in [9.17, 15) is 9.59 Å². The van der Waals surface area contributed by atoms with Gasteiger partial charge in [0.25, 0.3) is 0 Å². The number of rotatable bonds is 5. The molecule has 1 unspecified atom stereocenters. The Hall–Kier alpha value is -2.64. The lowest BCUT2D eigenvalue weighted by atomic mass is 10.2. The molecule has 0 saturated carbocycles. The Balaban J connectivity index is 1.70. The van der Waals surface area contributed by atoms with Gasteiger partial charge in [-0.15, -0.1) is 5.10 Å². The molecular formula is C15H19N5O3. The molecule has 1 saturated heterocycles. The highest BCUT2D eigenvalue weighted by atomic mass is 16.3. The average molecular weight is 317 g/mol. The summed E-state index contributed by atoms with van der Waals surface area (Å²) >= 11 is 0. The van der Waals surface area contributed by atoms with E-state index >= 15 is 0 Å². The molecular weight excluding hydrogens is 298 g/mol. The van der Waals surface area contributed by atoms with Gasteiger partial charge in [-0.2, -0.15) is 4.98 Å². The third-order valence-electron chi connectivity index (χ3n) is 3.87. The maximum atomic E-state index is 12.4. The second-order valence-corrected chi connectivity index (χ2v) is 5.52. The number of likely N-dealkylation sites (tertiary alicyclic amines) is 1. The Bertz CT molecular complexity index is 720. The molecule has 0 aliphatic carbocycles. The molecule has 23 heavy (non-hydrogen) atoms. The third kappa shape index (κ3) is 3.10. The summed E-state index contributed by atoms with van der Waals surface area (Å²) in [6.45, 7) is 4.34. The Morgan fingerprint density at radius 2 is 2.35 bits per heavy atom. The quantitative estimate of drug-likeness (QED) is 0.873. The van der Waals surface area contributed by atoms with Crippen molar-refractivity contribution in [2.75, 3.05) is 11.9 Å². The van der Waals surface area contributed by atoms with E-state index in [1.807, 2.05) is 19.9 Å². The van der Waals surface area contributed by atoms with Crippen molar-refractivity contribution in [3.05, 3.63) is 17.9 Å². The van der Waals surface area contributed by atoms with E-state index in [1.165, 1.54) is 0 Å². The number of anilines is 1. The normalized spacial score (nSPS) is 15.9. The fourth-order valence-electron chi connectivity index (χ4n) is 2.73. The fourth-order valence-corrected chi connectivity index (χ4v) is 2.73. The Morgan fingerprint density at radius 3 is 2.96 bits per heavy atom. The molecule has 1 atom stereocenters. The number of amides is 2. The van der Waals surface area contributed by atoms with Gasteiger partial charge < -0.3 is 9.32 Å². The zero-order valence-corrected chi connectivity index (χ0v) is 13.1. The van der Waals surface area contributed by atoms with Gasteiger partial charge in [0, 0.05) is 13.0 Å². The maximum Gasteiger partial charge on any atom is 0.249 e. The predicted octanol–water partition coefficient (Wildman–Crippen LogP) is 1.71. The maximum absolute atomic E-state index is 12.4. The van der Waals surface area contributed by atoms with Crippen LogP contribution in [0.3, 0.4) is 0 Å². The summed E-state index contributed by atoms with van der Waals surface area (Å²) in [7, 11) is 0. The topological polar surface area (TPSA) is 104 Å². The van der Waals surface area contributed by atoms with Gasteiger partial charge in [-0.25, -0.2) is 0 Å². The van der Waals surface area contributed by atoms with Gasteiger partial charge in [0.05, 0.1) is 0 Å². The first-order valence-electron chi connectivity index (χ1n) is 7.68. The molecule has 0 radical (unpaired) electrons. The Kier molecular flexibility index (Phi) is 4.14. The van der Waals surface area contributed by atoms with Crippen LogP contribution < -0.4 is 5.32 Å². The molecule has 1 aliphatic heterocycles. The van der Waals surface area contributed by atoms with E-state index < -0.39 is 6.04 Å². The number of aryl methyl sites for hydroxylation is 1. The number of hydrogen-bond donors (Lipinski definition) is 2. The Morgan fingerprint density at radius 1 is 1.52 bits per heavy atom. The summed E-state index contributed by atoms with van der Waals surface area (Å²) in [5.74, 6) is 1.68. The molecule has 3 rings (SSSR count). The van der Waals surface area contributed by atoms with Crippen molar-refractivity contribution in [1.82, 2.24) is 20.1 Å². The highest BCUT2D eigenvalue weighted by molar-refractivity contribution is 5.96. The molecule has 2 aromatic heterocycles. The van der Waals surface area contributed by atoms with Gasteiger partial charge in [0.15, 0.2) is 11.6 Å². The summed E-state index contributed by atoms with van der Waals surface area (Å²) in [5, 5.41) is 9.36. The van der Waals surface area contributed by atoms with Crippen LogP contribution in [-0.2, 0) is 9.59 Å². The van der Waals surface area contributed by atoms with Crippen LogP contribution in [0.1, 0.15) is 31.9 Å². The predicted molar refractivity (Wildman–Crippen MR) is 82.5 cm³/mol. The van der Waals surface area contributed by atoms with Gasteiger partial charge in [0.2, 0.25) is 17.8 Å². The Labute approximate surface area is 133 Å². The molecule has 0 spiro atoms. The van der Waals surface area contributed by atoms with Crippen molar-refractivity contribution in [1.29, 1.82) is 0 Å². The number of aromatic nitrogens is 3. The lowest BCUT2D eigenvalue weighted by Gasteiger charge is -2.25. The van der Waals surface area contributed by atoms with Crippen molar-refractivity contribution in [2.24, 2.45) is 0 Å². The first-order chi connectivity index (χ1) is 11.1. The van der Waals surface area contributed by atoms with E-state index in [2.05, 4.69) is 20.5 Å². The monoisotopic (exact) mass is 317 g/mol. The lowest BCUT2D eigenvalue weighted by molar-refractivity contribution is -0.135. The van der Waals surface area contributed by atoms with Crippen LogP contribution in [0.2, 0.25) is 0 Å². The SMILES string of the molecule is CCC(C(=O)Nc1n[nH]c(-c2ccc(C)o2)n1)N1CCCC1=O. The molecule has 2 amide bonds. The van der Waals surface area contributed by atoms with Crippen LogP contribution in [0.15, 0.2) is 16.5 Å². The molecule has 2 N–H and O–H groups in total. The van der Waals surface area contributed by atoms with Crippen molar-refractivity contribution in [3.8, 4) is 11.6 Å². The number of H-pyrrole nitrogens is 1. The number of nitrogens with zero attached hydrogens (tertiary/aromatic N) is 3. The van der Waals surface area contributed by atoms with Crippen molar-refractivity contribution in [3.63, 3.8) is 0 Å². The highest BCUT2D eigenvalue weighted by Crippen LogP contribution is 2.20. The van der Waals surface area contributed by atoms with E-state index in [0.29, 0.717) is 31.0 Å². The van der Waals surface area contributed by atoms with Gasteiger partial charge >= 0.3 is 0 Å². The second kappa shape index (κ2) is 6.23. The van der Waals surface area contributed by atoms with Crippen LogP contribution in [0.5, 0.6) is 0 Å². The number of nitrogens with one attached hydrogen (secondary N) is 2. The van der Waals surface area contributed by atoms with E-state index in [4.69, 9.17) is 4.42 Å². The van der Waals surface area contributed by atoms with Gasteiger partial charge in [-0.3, -0.25) is 20.0 Å². The molecule has 0 aromatic carbocycles. The zero-order chi connectivity index (χ0) is 16.4. The van der Waals surface area contributed by atoms with Gasteiger partial charge in [0.1, 0.15) is 11.8 Å². The summed E-state index contributed by atoms with van der Waals surface area (Å²) in [4.78, 5) is 30.0. The van der Waals surface area contributed by atoms with Crippen LogP contribution in [0.4, 0.5) is 5.95 Å². The van der Waals surface area contributed by atoms with Gasteiger partial charge in [-0.1, -0.05) is 6.92 Å². The van der Waals surface area contributed by atoms with Crippen LogP contribution in [0.25, 0.3) is 11.6 Å². The number of hydrogen-bond acceptors (Lipinski definition) is 5. The van der Waals surface area contributed by atoms with Crippen molar-refractivity contribution >= 4 is 17.8 Å². The number of carbonyl (C=O) groups excluding carboxylic acids is 2. The lowest BCUT2D eigenvalue weighted by Crippen LogP contribution is -2.44. The molecule has 3 heterocycles. The standard InChI is InChI=1S/C15H19N5O3/c1-3-10(20-8-4-5-12(20)21)14(22)17-15-16-13(18-19-15)11-7-6-9(2)23-11/h6-7,10H,3-5,8H2,1-2H3,(H2,16,17,18,19,22). The average Bonchev–Trinajstić information content (AvgIpc) is 3.23. The van der Waals surface area contributed by atoms with Gasteiger partial charge in [-0.05, 0) is 31.9 Å². The van der Waals surface area contributed by atoms with E-state index in [0.717, 1.165) is 12.2 Å². The van der Waals surface area contributed by atoms with Crippen LogP contribution >= 0.6 is 0 Å². The molecule has 1 aliphatic rings. The largest absolute Gasteiger partial charge is 0.458 e. The van der Waals surface area contributed by atoms with Crippen LogP contribution in [-0.4, -0.2) is 44.5 Å². The molecule has 2 aromatic rings.